The number of nitrogens with one attached hydrogen (secondary N) is 1. The number of carbonyl (C=O) groups is 2. The second kappa shape index (κ2) is 6.91. The Labute approximate surface area is 149 Å². The van der Waals surface area contributed by atoms with Gasteiger partial charge in [-0.25, -0.2) is 9.48 Å². The number of nitrogens with zero attached hydrogens (tertiary/aromatic N) is 4. The van der Waals surface area contributed by atoms with Crippen LogP contribution in [0.15, 0.2) is 36.5 Å². The van der Waals surface area contributed by atoms with Gasteiger partial charge >= 0.3 is 5.97 Å². The predicted molar refractivity (Wildman–Crippen MR) is 95.1 cm³/mol. The summed E-state index contributed by atoms with van der Waals surface area (Å²) in [6.07, 6.45) is 1.71. The van der Waals surface area contributed by atoms with Gasteiger partial charge in [0.1, 0.15) is 6.04 Å². The lowest BCUT2D eigenvalue weighted by molar-refractivity contribution is -0.140. The summed E-state index contributed by atoms with van der Waals surface area (Å²) < 4.78 is 1.56. The molecule has 0 radical (unpaired) electrons. The number of aliphatic carboxylic acids is 1. The number of carbonyl (C=O) groups excluding carboxylic acids is 1. The van der Waals surface area contributed by atoms with E-state index in [2.05, 4.69) is 20.6 Å². The Morgan fingerprint density at radius 1 is 1.19 bits per heavy atom. The minimum absolute atomic E-state index is 0.0952. The van der Waals surface area contributed by atoms with E-state index in [1.807, 2.05) is 30.3 Å². The van der Waals surface area contributed by atoms with Gasteiger partial charge in [0.15, 0.2) is 5.69 Å². The first-order valence-corrected chi connectivity index (χ1v) is 8.20. The number of amides is 1. The van der Waals surface area contributed by atoms with Crippen molar-refractivity contribution >= 4 is 22.8 Å². The molecule has 0 fully saturated rings. The molecule has 0 aliphatic heterocycles. The molecule has 0 aliphatic rings. The number of carboxylic acid groups (broad SMARTS) is 1. The molecule has 0 saturated carbocycles. The molecular weight excluding hydrogens is 334 g/mol. The zero-order chi connectivity index (χ0) is 18.8. The summed E-state index contributed by atoms with van der Waals surface area (Å²) in [6.45, 7) is 5.17. The molecule has 0 bridgehead atoms. The van der Waals surface area contributed by atoms with E-state index >= 15 is 0 Å². The fourth-order valence-electron chi connectivity index (χ4n) is 2.76. The van der Waals surface area contributed by atoms with Crippen LogP contribution in [-0.2, 0) is 4.79 Å². The van der Waals surface area contributed by atoms with Gasteiger partial charge in [-0.2, -0.15) is 0 Å². The molecule has 26 heavy (non-hydrogen) atoms. The molecule has 2 N–H and O–H groups in total. The summed E-state index contributed by atoms with van der Waals surface area (Å²) in [5, 5.41) is 20.7. The highest BCUT2D eigenvalue weighted by Gasteiger charge is 2.27. The highest BCUT2D eigenvalue weighted by molar-refractivity contribution is 5.96. The quantitative estimate of drug-likeness (QED) is 0.725. The third kappa shape index (κ3) is 3.13. The zero-order valence-electron chi connectivity index (χ0n) is 14.7. The van der Waals surface area contributed by atoms with Gasteiger partial charge in [0.2, 0.25) is 0 Å². The smallest absolute Gasteiger partial charge is 0.326 e. The maximum atomic E-state index is 12.5. The van der Waals surface area contributed by atoms with E-state index in [0.717, 1.165) is 16.6 Å². The van der Waals surface area contributed by atoms with E-state index in [0.29, 0.717) is 5.69 Å². The van der Waals surface area contributed by atoms with Crippen LogP contribution in [-0.4, -0.2) is 43.0 Å². The lowest BCUT2D eigenvalue weighted by Gasteiger charge is -2.17. The first kappa shape index (κ1) is 17.5. The summed E-state index contributed by atoms with van der Waals surface area (Å²) in [5.41, 5.74) is 2.17. The van der Waals surface area contributed by atoms with Crippen LogP contribution in [0.3, 0.4) is 0 Å². The van der Waals surface area contributed by atoms with Crippen LogP contribution in [0, 0.1) is 12.8 Å². The average molecular weight is 353 g/mol. The SMILES string of the molecule is Cc1c(C(=O)N[C@H](C(=O)O)C(C)C)nnn1-c1cccc2ncccc12. The fourth-order valence-corrected chi connectivity index (χ4v) is 2.76. The molecule has 0 spiro atoms. The van der Waals surface area contributed by atoms with E-state index in [4.69, 9.17) is 0 Å². The molecule has 1 atom stereocenters. The summed E-state index contributed by atoms with van der Waals surface area (Å²) in [6, 6.07) is 8.35. The molecule has 1 amide bonds. The third-order valence-corrected chi connectivity index (χ3v) is 4.18. The average Bonchev–Trinajstić information content (AvgIpc) is 2.99. The van der Waals surface area contributed by atoms with Crippen molar-refractivity contribution in [1.82, 2.24) is 25.3 Å². The van der Waals surface area contributed by atoms with Crippen molar-refractivity contribution in [3.05, 3.63) is 47.9 Å². The Hall–Kier alpha value is -3.29. The normalized spacial score (nSPS) is 12.3. The molecule has 0 saturated heterocycles. The summed E-state index contributed by atoms with van der Waals surface area (Å²) in [4.78, 5) is 28.1. The third-order valence-electron chi connectivity index (χ3n) is 4.18. The second-order valence-electron chi connectivity index (χ2n) is 6.32. The zero-order valence-corrected chi connectivity index (χ0v) is 14.7. The number of pyridine rings is 1. The number of rotatable bonds is 5. The van der Waals surface area contributed by atoms with Gasteiger partial charge < -0.3 is 10.4 Å². The van der Waals surface area contributed by atoms with Gasteiger partial charge in [-0.3, -0.25) is 9.78 Å². The predicted octanol–water partition coefficient (Wildman–Crippen LogP) is 1.96. The Kier molecular flexibility index (Phi) is 4.66. The van der Waals surface area contributed by atoms with Crippen LogP contribution in [0.1, 0.15) is 30.0 Å². The Balaban J connectivity index is 1.98. The fraction of sp³-hybridized carbons (Fsp3) is 0.278. The van der Waals surface area contributed by atoms with E-state index in [9.17, 15) is 14.7 Å². The van der Waals surface area contributed by atoms with E-state index in [1.165, 1.54) is 0 Å². The number of carboxylic acids is 1. The number of fused-ring (bicyclic) bond motifs is 1. The Bertz CT molecular complexity index is 975. The van der Waals surface area contributed by atoms with Crippen molar-refractivity contribution < 1.29 is 14.7 Å². The van der Waals surface area contributed by atoms with Crippen molar-refractivity contribution in [2.75, 3.05) is 0 Å². The molecule has 2 aromatic heterocycles. The molecule has 3 aromatic rings. The molecule has 8 heteroatoms. The minimum Gasteiger partial charge on any atom is -0.480 e. The molecule has 134 valence electrons. The van der Waals surface area contributed by atoms with Crippen LogP contribution in [0.25, 0.3) is 16.6 Å². The van der Waals surface area contributed by atoms with E-state index in [-0.39, 0.29) is 11.6 Å². The highest BCUT2D eigenvalue weighted by Crippen LogP contribution is 2.21. The summed E-state index contributed by atoms with van der Waals surface area (Å²) >= 11 is 0. The maximum absolute atomic E-state index is 12.5. The topological polar surface area (TPSA) is 110 Å². The van der Waals surface area contributed by atoms with Gasteiger partial charge in [0, 0.05) is 11.6 Å². The van der Waals surface area contributed by atoms with Gasteiger partial charge in [-0.1, -0.05) is 25.1 Å². The molecule has 1 aromatic carbocycles. The molecule has 8 nitrogen and oxygen atoms in total. The monoisotopic (exact) mass is 353 g/mol. The standard InChI is InChI=1S/C18H19N5O3/c1-10(2)15(18(25)26)20-17(24)16-11(3)23(22-21-16)14-8-4-7-13-12(14)6-5-9-19-13/h4-10,15H,1-3H3,(H,20,24)(H,25,26)/t15-/m0/s1. The van der Waals surface area contributed by atoms with Gasteiger partial charge in [-0.05, 0) is 37.1 Å². The molecule has 3 rings (SSSR count). The summed E-state index contributed by atoms with van der Waals surface area (Å²) in [5.74, 6) is -1.90. The van der Waals surface area contributed by atoms with Crippen molar-refractivity contribution in [2.24, 2.45) is 5.92 Å². The van der Waals surface area contributed by atoms with Crippen LogP contribution < -0.4 is 5.32 Å². The lowest BCUT2D eigenvalue weighted by Crippen LogP contribution is -2.44. The van der Waals surface area contributed by atoms with Crippen LogP contribution in [0.4, 0.5) is 0 Å². The maximum Gasteiger partial charge on any atom is 0.326 e. The van der Waals surface area contributed by atoms with Crippen molar-refractivity contribution in [1.29, 1.82) is 0 Å². The largest absolute Gasteiger partial charge is 0.480 e. The number of hydrogen-bond acceptors (Lipinski definition) is 5. The van der Waals surface area contributed by atoms with Gasteiger partial charge in [0.25, 0.3) is 5.91 Å². The van der Waals surface area contributed by atoms with E-state index in [1.54, 1.807) is 31.6 Å². The van der Waals surface area contributed by atoms with Gasteiger partial charge in [-0.15, -0.1) is 5.10 Å². The van der Waals surface area contributed by atoms with Crippen LogP contribution in [0.5, 0.6) is 0 Å². The molecule has 2 heterocycles. The van der Waals surface area contributed by atoms with Crippen molar-refractivity contribution in [3.63, 3.8) is 0 Å². The van der Waals surface area contributed by atoms with Crippen LogP contribution >= 0.6 is 0 Å². The minimum atomic E-state index is -1.08. The number of aromatic nitrogens is 4. The van der Waals surface area contributed by atoms with Crippen molar-refractivity contribution in [3.8, 4) is 5.69 Å². The summed E-state index contributed by atoms with van der Waals surface area (Å²) in [7, 11) is 0. The second-order valence-corrected chi connectivity index (χ2v) is 6.32. The number of hydrogen-bond donors (Lipinski definition) is 2. The Morgan fingerprint density at radius 2 is 1.96 bits per heavy atom. The first-order valence-electron chi connectivity index (χ1n) is 8.20. The van der Waals surface area contributed by atoms with Crippen LogP contribution in [0.2, 0.25) is 0 Å². The molecular formula is C18H19N5O3. The molecule has 0 unspecified atom stereocenters. The lowest BCUT2D eigenvalue weighted by atomic mass is 10.0. The highest BCUT2D eigenvalue weighted by atomic mass is 16.4. The van der Waals surface area contributed by atoms with Crippen molar-refractivity contribution in [2.45, 2.75) is 26.8 Å². The number of benzene rings is 1. The molecule has 0 aliphatic carbocycles. The van der Waals surface area contributed by atoms with E-state index < -0.39 is 17.9 Å². The first-order chi connectivity index (χ1) is 12.4. The van der Waals surface area contributed by atoms with Gasteiger partial charge in [0.05, 0.1) is 16.9 Å². The Morgan fingerprint density at radius 3 is 2.65 bits per heavy atom.